The lowest BCUT2D eigenvalue weighted by molar-refractivity contribution is -0.119. The summed E-state index contributed by atoms with van der Waals surface area (Å²) in [5.74, 6) is 0.518. The average molecular weight is 239 g/mol. The van der Waals surface area contributed by atoms with Crippen LogP contribution in [-0.2, 0) is 4.79 Å². The quantitative estimate of drug-likeness (QED) is 0.743. The molecule has 0 radical (unpaired) electrons. The van der Waals surface area contributed by atoms with Crippen LogP contribution in [0.5, 0.6) is 0 Å². The summed E-state index contributed by atoms with van der Waals surface area (Å²) < 4.78 is 0. The largest absolute Gasteiger partial charge is 0.369 e. The van der Waals surface area contributed by atoms with Crippen molar-refractivity contribution < 1.29 is 4.79 Å². The average Bonchev–Trinajstić information content (AvgIpc) is 2.82. The first-order valence-corrected chi connectivity index (χ1v) is 6.99. The molecule has 0 spiro atoms. The molecule has 4 heteroatoms. The Bertz CT molecular complexity index is 245. The van der Waals surface area contributed by atoms with E-state index in [1.165, 1.54) is 38.5 Å². The number of nitrogens with zero attached hydrogens (tertiary/aromatic N) is 1. The Morgan fingerprint density at radius 1 is 1.24 bits per heavy atom. The number of piperidine rings is 1. The SMILES string of the molecule is NC(=O)CN(CC1CCCNC1)C1CCCC1. The van der Waals surface area contributed by atoms with Gasteiger partial charge in [0.05, 0.1) is 6.54 Å². The van der Waals surface area contributed by atoms with Crippen LogP contribution in [0.1, 0.15) is 38.5 Å². The van der Waals surface area contributed by atoms with Crippen molar-refractivity contribution in [2.75, 3.05) is 26.2 Å². The van der Waals surface area contributed by atoms with Gasteiger partial charge in [-0.2, -0.15) is 0 Å². The molecule has 1 atom stereocenters. The molecular formula is C13H25N3O. The highest BCUT2D eigenvalue weighted by Gasteiger charge is 2.26. The van der Waals surface area contributed by atoms with Crippen molar-refractivity contribution >= 4 is 5.91 Å². The number of hydrogen-bond acceptors (Lipinski definition) is 3. The van der Waals surface area contributed by atoms with E-state index in [4.69, 9.17) is 5.73 Å². The fourth-order valence-electron chi connectivity index (χ4n) is 3.22. The smallest absolute Gasteiger partial charge is 0.231 e. The van der Waals surface area contributed by atoms with E-state index >= 15 is 0 Å². The molecular weight excluding hydrogens is 214 g/mol. The zero-order chi connectivity index (χ0) is 12.1. The third-order valence-electron chi connectivity index (χ3n) is 4.09. The Balaban J connectivity index is 1.86. The van der Waals surface area contributed by atoms with Crippen molar-refractivity contribution in [2.45, 2.75) is 44.6 Å². The zero-order valence-corrected chi connectivity index (χ0v) is 10.7. The number of carbonyl (C=O) groups is 1. The van der Waals surface area contributed by atoms with Crippen molar-refractivity contribution in [1.82, 2.24) is 10.2 Å². The van der Waals surface area contributed by atoms with Crippen LogP contribution in [0, 0.1) is 5.92 Å². The van der Waals surface area contributed by atoms with Crippen molar-refractivity contribution in [3.63, 3.8) is 0 Å². The molecule has 0 aromatic carbocycles. The number of nitrogens with one attached hydrogen (secondary N) is 1. The molecule has 0 aromatic rings. The number of hydrogen-bond donors (Lipinski definition) is 2. The van der Waals surface area contributed by atoms with Crippen molar-refractivity contribution in [3.05, 3.63) is 0 Å². The first kappa shape index (κ1) is 12.8. The number of carbonyl (C=O) groups excluding carboxylic acids is 1. The molecule has 2 rings (SSSR count). The second-order valence-electron chi connectivity index (χ2n) is 5.55. The first-order chi connectivity index (χ1) is 8.25. The first-order valence-electron chi connectivity index (χ1n) is 6.99. The summed E-state index contributed by atoms with van der Waals surface area (Å²) in [5, 5.41) is 3.44. The molecule has 1 aliphatic heterocycles. The summed E-state index contributed by atoms with van der Waals surface area (Å²) in [6, 6.07) is 0.601. The molecule has 2 aliphatic rings. The minimum Gasteiger partial charge on any atom is -0.369 e. The van der Waals surface area contributed by atoms with E-state index in [-0.39, 0.29) is 5.91 Å². The minimum atomic E-state index is -0.180. The van der Waals surface area contributed by atoms with Gasteiger partial charge in [0, 0.05) is 12.6 Å². The van der Waals surface area contributed by atoms with E-state index < -0.39 is 0 Å². The summed E-state index contributed by atoms with van der Waals surface area (Å²) in [4.78, 5) is 13.5. The molecule has 1 aliphatic carbocycles. The van der Waals surface area contributed by atoms with Crippen LogP contribution < -0.4 is 11.1 Å². The summed E-state index contributed by atoms with van der Waals surface area (Å²) in [7, 11) is 0. The van der Waals surface area contributed by atoms with Gasteiger partial charge in [0.25, 0.3) is 0 Å². The summed E-state index contributed by atoms with van der Waals surface area (Å²) in [6.07, 6.45) is 7.65. The van der Waals surface area contributed by atoms with Gasteiger partial charge in [-0.25, -0.2) is 0 Å². The normalized spacial score (nSPS) is 26.5. The third-order valence-corrected chi connectivity index (χ3v) is 4.09. The number of nitrogens with two attached hydrogens (primary N) is 1. The van der Waals surface area contributed by atoms with Crippen LogP contribution >= 0.6 is 0 Å². The molecule has 1 saturated carbocycles. The summed E-state index contributed by atoms with van der Waals surface area (Å²) in [6.45, 7) is 3.74. The summed E-state index contributed by atoms with van der Waals surface area (Å²) >= 11 is 0. The van der Waals surface area contributed by atoms with Gasteiger partial charge in [0.15, 0.2) is 0 Å². The van der Waals surface area contributed by atoms with E-state index in [2.05, 4.69) is 10.2 Å². The highest BCUT2D eigenvalue weighted by molar-refractivity contribution is 5.75. The Kier molecular flexibility index (Phi) is 4.80. The lowest BCUT2D eigenvalue weighted by atomic mass is 9.98. The molecule has 1 saturated heterocycles. The Morgan fingerprint density at radius 3 is 2.59 bits per heavy atom. The monoisotopic (exact) mass is 239 g/mol. The van der Waals surface area contributed by atoms with Crippen molar-refractivity contribution in [3.8, 4) is 0 Å². The topological polar surface area (TPSA) is 58.4 Å². The Morgan fingerprint density at radius 2 is 2.00 bits per heavy atom. The Labute approximate surface area is 104 Å². The van der Waals surface area contributed by atoms with Gasteiger partial charge in [-0.05, 0) is 44.7 Å². The standard InChI is InChI=1S/C13H25N3O/c14-13(17)10-16(12-5-1-2-6-12)9-11-4-3-7-15-8-11/h11-12,15H,1-10H2,(H2,14,17). The van der Waals surface area contributed by atoms with Crippen LogP contribution in [0.3, 0.4) is 0 Å². The summed E-state index contributed by atoms with van der Waals surface area (Å²) in [5.41, 5.74) is 5.37. The predicted octanol–water partition coefficient (Wildman–Crippen LogP) is 0.716. The molecule has 98 valence electrons. The van der Waals surface area contributed by atoms with E-state index in [0.717, 1.165) is 19.6 Å². The highest BCUT2D eigenvalue weighted by Crippen LogP contribution is 2.25. The molecule has 1 unspecified atom stereocenters. The van der Waals surface area contributed by atoms with Crippen LogP contribution in [0.15, 0.2) is 0 Å². The van der Waals surface area contributed by atoms with Crippen molar-refractivity contribution in [2.24, 2.45) is 11.7 Å². The lowest BCUT2D eigenvalue weighted by Crippen LogP contribution is -2.45. The van der Waals surface area contributed by atoms with Gasteiger partial charge < -0.3 is 11.1 Å². The molecule has 4 nitrogen and oxygen atoms in total. The molecule has 3 N–H and O–H groups in total. The van der Waals surface area contributed by atoms with Gasteiger partial charge in [-0.1, -0.05) is 12.8 Å². The maximum absolute atomic E-state index is 11.2. The van der Waals surface area contributed by atoms with Gasteiger partial charge in [-0.15, -0.1) is 0 Å². The van der Waals surface area contributed by atoms with E-state index in [1.807, 2.05) is 0 Å². The number of rotatable bonds is 5. The predicted molar refractivity (Wildman–Crippen MR) is 68.6 cm³/mol. The molecule has 17 heavy (non-hydrogen) atoms. The van der Waals surface area contributed by atoms with E-state index in [9.17, 15) is 4.79 Å². The van der Waals surface area contributed by atoms with Crippen LogP contribution in [0.25, 0.3) is 0 Å². The van der Waals surface area contributed by atoms with Gasteiger partial charge in [0.2, 0.25) is 5.91 Å². The van der Waals surface area contributed by atoms with Gasteiger partial charge in [0.1, 0.15) is 0 Å². The number of amides is 1. The maximum Gasteiger partial charge on any atom is 0.231 e. The zero-order valence-electron chi connectivity index (χ0n) is 10.7. The second-order valence-corrected chi connectivity index (χ2v) is 5.55. The molecule has 1 heterocycles. The highest BCUT2D eigenvalue weighted by atomic mass is 16.1. The molecule has 2 fully saturated rings. The van der Waals surface area contributed by atoms with Crippen molar-refractivity contribution in [1.29, 1.82) is 0 Å². The molecule has 0 aromatic heterocycles. The van der Waals surface area contributed by atoms with Gasteiger partial charge in [-0.3, -0.25) is 9.69 Å². The van der Waals surface area contributed by atoms with Crippen LogP contribution in [0.4, 0.5) is 0 Å². The van der Waals surface area contributed by atoms with E-state index in [0.29, 0.717) is 18.5 Å². The van der Waals surface area contributed by atoms with Gasteiger partial charge >= 0.3 is 0 Å². The fourth-order valence-corrected chi connectivity index (χ4v) is 3.22. The molecule has 0 bridgehead atoms. The second kappa shape index (κ2) is 6.36. The lowest BCUT2D eigenvalue weighted by Gasteiger charge is -2.33. The minimum absolute atomic E-state index is 0.180. The third kappa shape index (κ3) is 3.96. The fraction of sp³-hybridized carbons (Fsp3) is 0.923. The van der Waals surface area contributed by atoms with E-state index in [1.54, 1.807) is 0 Å². The van der Waals surface area contributed by atoms with Crippen LogP contribution in [0.2, 0.25) is 0 Å². The number of primary amides is 1. The molecule has 1 amide bonds. The van der Waals surface area contributed by atoms with Crippen LogP contribution in [-0.4, -0.2) is 43.0 Å². The Hall–Kier alpha value is -0.610. The maximum atomic E-state index is 11.2.